The number of halogens is 1. The van der Waals surface area contributed by atoms with E-state index in [-0.39, 0.29) is 18.3 Å². The van der Waals surface area contributed by atoms with Crippen molar-refractivity contribution in [1.29, 1.82) is 0 Å². The van der Waals surface area contributed by atoms with E-state index in [0.29, 0.717) is 25.5 Å². The monoisotopic (exact) mass is 452 g/mol. The van der Waals surface area contributed by atoms with Crippen molar-refractivity contribution in [2.24, 2.45) is 4.99 Å². The number of aromatic amines is 1. The van der Waals surface area contributed by atoms with Crippen LogP contribution in [0.4, 0.5) is 9.18 Å². The van der Waals surface area contributed by atoms with E-state index in [2.05, 4.69) is 30.6 Å². The van der Waals surface area contributed by atoms with Gasteiger partial charge in [0.15, 0.2) is 0 Å². The van der Waals surface area contributed by atoms with Crippen molar-refractivity contribution in [3.63, 3.8) is 0 Å². The van der Waals surface area contributed by atoms with Crippen LogP contribution in [-0.2, 0) is 11.2 Å². The number of ether oxygens (including phenoxy) is 1. The number of pyridine rings is 1. The number of carbonyl (C=O) groups excluding carboxylic acids is 1. The maximum Gasteiger partial charge on any atom is 0.413 e. The average molecular weight is 453 g/mol. The van der Waals surface area contributed by atoms with Crippen molar-refractivity contribution < 1.29 is 13.9 Å². The number of alkyl carbamates (subject to hydrolysis) is 1. The zero-order valence-corrected chi connectivity index (χ0v) is 18.6. The predicted molar refractivity (Wildman–Crippen MR) is 124 cm³/mol. The van der Waals surface area contributed by atoms with Gasteiger partial charge >= 0.3 is 6.09 Å². The van der Waals surface area contributed by atoms with Gasteiger partial charge in [-0.25, -0.2) is 14.2 Å². The fourth-order valence-corrected chi connectivity index (χ4v) is 3.38. The molecule has 1 unspecified atom stereocenters. The van der Waals surface area contributed by atoms with Gasteiger partial charge in [0.1, 0.15) is 5.82 Å². The molecule has 0 saturated heterocycles. The summed E-state index contributed by atoms with van der Waals surface area (Å²) in [6.45, 7) is 3.05. The van der Waals surface area contributed by atoms with Gasteiger partial charge in [0.2, 0.25) is 5.96 Å². The minimum atomic E-state index is -0.559. The Kier molecular flexibility index (Phi) is 9.38. The minimum absolute atomic E-state index is 0.0564. The second kappa shape index (κ2) is 12.9. The summed E-state index contributed by atoms with van der Waals surface area (Å²) in [5.41, 5.74) is 2.81. The molecule has 3 rings (SSSR count). The lowest BCUT2D eigenvalue weighted by molar-refractivity contribution is 0.157. The number of nitrogens with zero attached hydrogens (tertiary/aromatic N) is 3. The summed E-state index contributed by atoms with van der Waals surface area (Å²) >= 11 is 0. The molecule has 8 nitrogen and oxygen atoms in total. The zero-order valence-electron chi connectivity index (χ0n) is 18.6. The summed E-state index contributed by atoms with van der Waals surface area (Å²) in [4.78, 5) is 28.1. The topological polar surface area (TPSA) is 104 Å². The summed E-state index contributed by atoms with van der Waals surface area (Å²) in [5, 5.41) is 5.83. The molecule has 0 spiro atoms. The molecule has 0 bridgehead atoms. The molecule has 0 fully saturated rings. The fraction of sp³-hybridized carbons (Fsp3) is 0.333. The second-order valence-electron chi connectivity index (χ2n) is 7.31. The maximum absolute atomic E-state index is 13.4. The lowest BCUT2D eigenvalue weighted by atomic mass is 9.92. The predicted octanol–water partition coefficient (Wildman–Crippen LogP) is 3.79. The van der Waals surface area contributed by atoms with Gasteiger partial charge in [-0.2, -0.15) is 0 Å². The molecule has 0 radical (unpaired) electrons. The molecule has 9 heteroatoms. The molecule has 33 heavy (non-hydrogen) atoms. The normalized spacial score (nSPS) is 12.2. The largest absolute Gasteiger partial charge is 0.450 e. The fourth-order valence-electron chi connectivity index (χ4n) is 3.38. The first-order valence-electron chi connectivity index (χ1n) is 11.0. The van der Waals surface area contributed by atoms with Gasteiger partial charge in [-0.1, -0.05) is 18.2 Å². The molecule has 2 heterocycles. The summed E-state index contributed by atoms with van der Waals surface area (Å²) in [5.74, 6) is 0.0184. The SMILES string of the molecule is CCOC(=O)NC(=NCCC(c1ccc(F)cc1)c1ccccn1)NCCCc1c[nH]cn1. The quantitative estimate of drug-likeness (QED) is 0.247. The van der Waals surface area contributed by atoms with Crippen LogP contribution in [0, 0.1) is 5.82 Å². The van der Waals surface area contributed by atoms with Gasteiger partial charge in [0.25, 0.3) is 0 Å². The van der Waals surface area contributed by atoms with Gasteiger partial charge in [0.05, 0.1) is 18.6 Å². The number of aromatic nitrogens is 3. The van der Waals surface area contributed by atoms with Crippen molar-refractivity contribution in [3.8, 4) is 0 Å². The third-order valence-electron chi connectivity index (χ3n) is 4.96. The average Bonchev–Trinajstić information content (AvgIpc) is 3.34. The zero-order chi connectivity index (χ0) is 23.3. The molecule has 3 N–H and O–H groups in total. The molecular formula is C24H29FN6O2. The van der Waals surface area contributed by atoms with E-state index in [0.717, 1.165) is 29.8 Å². The Morgan fingerprint density at radius 3 is 2.76 bits per heavy atom. The molecule has 2 aromatic heterocycles. The molecule has 0 aliphatic rings. The summed E-state index contributed by atoms with van der Waals surface area (Å²) in [6, 6.07) is 12.2. The number of nitrogens with one attached hydrogen (secondary N) is 3. The van der Waals surface area contributed by atoms with Crippen molar-refractivity contribution in [1.82, 2.24) is 25.6 Å². The van der Waals surface area contributed by atoms with Crippen molar-refractivity contribution in [2.75, 3.05) is 19.7 Å². The molecule has 0 aliphatic heterocycles. The highest BCUT2D eigenvalue weighted by molar-refractivity contribution is 5.93. The Hall–Kier alpha value is -3.75. The van der Waals surface area contributed by atoms with E-state index < -0.39 is 6.09 Å². The highest BCUT2D eigenvalue weighted by Gasteiger charge is 2.16. The molecule has 1 aromatic carbocycles. The summed E-state index contributed by atoms with van der Waals surface area (Å²) < 4.78 is 18.4. The van der Waals surface area contributed by atoms with Crippen LogP contribution in [0.1, 0.15) is 42.6 Å². The number of hydrogen-bond donors (Lipinski definition) is 3. The molecular weight excluding hydrogens is 423 g/mol. The van der Waals surface area contributed by atoms with Crippen LogP contribution in [0.25, 0.3) is 0 Å². The molecule has 0 aliphatic carbocycles. The number of aryl methyl sites for hydroxylation is 1. The lowest BCUT2D eigenvalue weighted by Gasteiger charge is -2.17. The molecule has 3 aromatic rings. The number of H-pyrrole nitrogens is 1. The van der Waals surface area contributed by atoms with Crippen LogP contribution in [0.2, 0.25) is 0 Å². The maximum atomic E-state index is 13.4. The minimum Gasteiger partial charge on any atom is -0.450 e. The first-order valence-corrected chi connectivity index (χ1v) is 11.0. The Bertz CT molecular complexity index is 994. The van der Waals surface area contributed by atoms with E-state index in [4.69, 9.17) is 4.74 Å². The van der Waals surface area contributed by atoms with Gasteiger partial charge in [-0.15, -0.1) is 0 Å². The summed E-state index contributed by atoms with van der Waals surface area (Å²) in [7, 11) is 0. The Balaban J connectivity index is 1.64. The van der Waals surface area contributed by atoms with Crippen LogP contribution in [-0.4, -0.2) is 46.7 Å². The number of amides is 1. The molecule has 174 valence electrons. The Morgan fingerprint density at radius 1 is 1.21 bits per heavy atom. The molecule has 1 atom stereocenters. The number of benzene rings is 1. The van der Waals surface area contributed by atoms with E-state index >= 15 is 0 Å². The third kappa shape index (κ3) is 8.03. The van der Waals surface area contributed by atoms with Crippen LogP contribution < -0.4 is 10.6 Å². The number of hydrogen-bond acceptors (Lipinski definition) is 5. The van der Waals surface area contributed by atoms with E-state index in [1.807, 2.05) is 24.4 Å². The number of carbonyl (C=O) groups is 1. The number of imidazole rings is 1. The van der Waals surface area contributed by atoms with E-state index in [1.165, 1.54) is 12.1 Å². The van der Waals surface area contributed by atoms with E-state index in [9.17, 15) is 9.18 Å². The standard InChI is InChI=1S/C24H29FN6O2/c1-2-33-24(32)31-23(28-14-5-6-20-16-26-17-30-20)29-15-12-21(22-7-3-4-13-27-22)18-8-10-19(25)11-9-18/h3-4,7-11,13,16-17,21H,2,5-6,12,14-15H2,1H3,(H,26,30)(H2,28,29,31,32). The van der Waals surface area contributed by atoms with Gasteiger partial charge in [-0.3, -0.25) is 15.3 Å². The van der Waals surface area contributed by atoms with E-state index in [1.54, 1.807) is 31.6 Å². The molecule has 0 saturated carbocycles. The number of rotatable bonds is 10. The van der Waals surface area contributed by atoms with Crippen molar-refractivity contribution >= 4 is 12.1 Å². The van der Waals surface area contributed by atoms with Gasteiger partial charge < -0.3 is 15.0 Å². The number of aliphatic imine (C=N–C) groups is 1. The second-order valence-corrected chi connectivity index (χ2v) is 7.31. The smallest absolute Gasteiger partial charge is 0.413 e. The Labute approximate surface area is 192 Å². The molecule has 1 amide bonds. The van der Waals surface area contributed by atoms with Crippen molar-refractivity contribution in [3.05, 3.63) is 84.0 Å². The first-order chi connectivity index (χ1) is 16.2. The first kappa shape index (κ1) is 23.9. The third-order valence-corrected chi connectivity index (χ3v) is 4.96. The highest BCUT2D eigenvalue weighted by atomic mass is 19.1. The number of guanidine groups is 1. The van der Waals surface area contributed by atoms with Crippen LogP contribution >= 0.6 is 0 Å². The van der Waals surface area contributed by atoms with Gasteiger partial charge in [0, 0.05) is 37.1 Å². The lowest BCUT2D eigenvalue weighted by Crippen LogP contribution is -2.42. The van der Waals surface area contributed by atoms with Gasteiger partial charge in [-0.05, 0) is 56.0 Å². The summed E-state index contributed by atoms with van der Waals surface area (Å²) in [6.07, 6.45) is 6.94. The van der Waals surface area contributed by atoms with Crippen LogP contribution in [0.15, 0.2) is 66.2 Å². The highest BCUT2D eigenvalue weighted by Crippen LogP contribution is 2.26. The van der Waals surface area contributed by atoms with Crippen LogP contribution in [0.5, 0.6) is 0 Å². The van der Waals surface area contributed by atoms with Crippen LogP contribution in [0.3, 0.4) is 0 Å². The Morgan fingerprint density at radius 2 is 2.06 bits per heavy atom. The van der Waals surface area contributed by atoms with Crippen molar-refractivity contribution in [2.45, 2.75) is 32.1 Å².